The summed E-state index contributed by atoms with van der Waals surface area (Å²) in [6, 6.07) is 6.22. The lowest BCUT2D eigenvalue weighted by Gasteiger charge is -2.08. The molecule has 1 fully saturated rings. The average Bonchev–Trinajstić information content (AvgIpc) is 3.06. The van der Waals surface area contributed by atoms with Crippen molar-refractivity contribution in [2.75, 3.05) is 12.5 Å². The quantitative estimate of drug-likeness (QED) is 0.715. The summed E-state index contributed by atoms with van der Waals surface area (Å²) in [5.74, 6) is 4.22. The van der Waals surface area contributed by atoms with Gasteiger partial charge in [0.2, 0.25) is 0 Å². The Bertz CT molecular complexity index is 623. The molecular formula is C17H23ClN2O. The third kappa shape index (κ3) is 3.03. The Balaban J connectivity index is 1.99. The summed E-state index contributed by atoms with van der Waals surface area (Å²) in [6.45, 7) is 6.23. The third-order valence-electron chi connectivity index (χ3n) is 4.29. The number of imidazole rings is 1. The van der Waals surface area contributed by atoms with Crippen LogP contribution in [0.3, 0.4) is 0 Å². The predicted molar refractivity (Wildman–Crippen MR) is 87.2 cm³/mol. The Morgan fingerprint density at radius 3 is 2.90 bits per heavy atom. The summed E-state index contributed by atoms with van der Waals surface area (Å²) in [5, 5.41) is 0. The van der Waals surface area contributed by atoms with Gasteiger partial charge in [0, 0.05) is 18.8 Å². The topological polar surface area (TPSA) is 27.1 Å². The fourth-order valence-corrected chi connectivity index (χ4v) is 3.03. The van der Waals surface area contributed by atoms with Crippen LogP contribution in [-0.2, 0) is 13.0 Å². The lowest BCUT2D eigenvalue weighted by Crippen LogP contribution is -2.06. The normalized spacial score (nSPS) is 20.9. The van der Waals surface area contributed by atoms with E-state index >= 15 is 0 Å². The van der Waals surface area contributed by atoms with E-state index in [1.165, 1.54) is 11.9 Å². The molecule has 1 aliphatic rings. The molecule has 3 nitrogen and oxygen atoms in total. The summed E-state index contributed by atoms with van der Waals surface area (Å²) in [4.78, 5) is 4.81. The van der Waals surface area contributed by atoms with Crippen LogP contribution in [0.1, 0.15) is 32.5 Å². The molecule has 1 saturated carbocycles. The van der Waals surface area contributed by atoms with E-state index in [4.69, 9.17) is 21.3 Å². The molecule has 2 atom stereocenters. The number of alkyl halides is 1. The number of rotatable bonds is 7. The molecule has 0 bridgehead atoms. The maximum atomic E-state index is 5.96. The van der Waals surface area contributed by atoms with E-state index in [0.717, 1.165) is 54.9 Å². The van der Waals surface area contributed by atoms with Crippen molar-refractivity contribution in [3.8, 4) is 5.75 Å². The largest absolute Gasteiger partial charge is 0.491 e. The smallest absolute Gasteiger partial charge is 0.147 e. The van der Waals surface area contributed by atoms with Gasteiger partial charge in [-0.1, -0.05) is 19.9 Å². The zero-order valence-corrected chi connectivity index (χ0v) is 13.6. The fraction of sp³-hybridized carbons (Fsp3) is 0.588. The van der Waals surface area contributed by atoms with Crippen LogP contribution in [0, 0.1) is 11.8 Å². The number of halogens is 1. The molecule has 0 saturated heterocycles. The van der Waals surface area contributed by atoms with E-state index in [1.807, 2.05) is 6.07 Å². The van der Waals surface area contributed by atoms with Gasteiger partial charge in [-0.3, -0.25) is 0 Å². The Hall–Kier alpha value is -1.22. The standard InChI is InChI=1S/C17H23ClN2O/c1-3-9-21-15-6-4-5-14-17(15)19-16(7-8-18)20(14)11-13-10-12(13)2/h4-6,12-13H,3,7-11H2,1-2H3. The number of aromatic nitrogens is 2. The van der Waals surface area contributed by atoms with Crippen molar-refractivity contribution >= 4 is 22.6 Å². The number of fused-ring (bicyclic) bond motifs is 1. The predicted octanol–water partition coefficient (Wildman–Crippen LogP) is 4.26. The first kappa shape index (κ1) is 14.7. The number of aryl methyl sites for hydroxylation is 1. The van der Waals surface area contributed by atoms with E-state index in [-0.39, 0.29) is 0 Å². The molecule has 0 radical (unpaired) electrons. The fourth-order valence-electron chi connectivity index (χ4n) is 2.86. The van der Waals surface area contributed by atoms with E-state index in [1.54, 1.807) is 0 Å². The summed E-state index contributed by atoms with van der Waals surface area (Å²) in [7, 11) is 0. The van der Waals surface area contributed by atoms with Gasteiger partial charge in [0.15, 0.2) is 0 Å². The van der Waals surface area contributed by atoms with Crippen LogP contribution < -0.4 is 4.74 Å². The van der Waals surface area contributed by atoms with Gasteiger partial charge in [-0.25, -0.2) is 4.98 Å². The molecular weight excluding hydrogens is 284 g/mol. The minimum Gasteiger partial charge on any atom is -0.491 e. The summed E-state index contributed by atoms with van der Waals surface area (Å²) in [5.41, 5.74) is 2.17. The summed E-state index contributed by atoms with van der Waals surface area (Å²) < 4.78 is 8.20. The first-order valence-corrected chi connectivity index (χ1v) is 8.45. The van der Waals surface area contributed by atoms with Crippen LogP contribution >= 0.6 is 11.6 Å². The van der Waals surface area contributed by atoms with E-state index in [0.29, 0.717) is 5.88 Å². The van der Waals surface area contributed by atoms with Gasteiger partial charge in [0.05, 0.1) is 12.1 Å². The molecule has 2 aromatic rings. The van der Waals surface area contributed by atoms with Crippen LogP contribution in [0.15, 0.2) is 18.2 Å². The van der Waals surface area contributed by atoms with Gasteiger partial charge in [-0.05, 0) is 36.8 Å². The van der Waals surface area contributed by atoms with Crippen molar-refractivity contribution in [3.05, 3.63) is 24.0 Å². The van der Waals surface area contributed by atoms with Gasteiger partial charge < -0.3 is 9.30 Å². The van der Waals surface area contributed by atoms with Crippen molar-refractivity contribution in [2.45, 2.75) is 39.7 Å². The second-order valence-corrected chi connectivity index (χ2v) is 6.40. The molecule has 0 spiro atoms. The SMILES string of the molecule is CCCOc1cccc2c1nc(CCCl)n2CC1CC1C. The van der Waals surface area contributed by atoms with Crippen molar-refractivity contribution in [1.29, 1.82) is 0 Å². The highest BCUT2D eigenvalue weighted by molar-refractivity contribution is 6.17. The molecule has 114 valence electrons. The maximum absolute atomic E-state index is 5.96. The van der Waals surface area contributed by atoms with E-state index in [9.17, 15) is 0 Å². The number of hydrogen-bond donors (Lipinski definition) is 0. The maximum Gasteiger partial charge on any atom is 0.147 e. The second-order valence-electron chi connectivity index (χ2n) is 6.02. The highest BCUT2D eigenvalue weighted by Gasteiger charge is 2.33. The van der Waals surface area contributed by atoms with E-state index < -0.39 is 0 Å². The van der Waals surface area contributed by atoms with Crippen LogP contribution in [0.4, 0.5) is 0 Å². The molecule has 0 aliphatic heterocycles. The first-order valence-electron chi connectivity index (χ1n) is 7.91. The summed E-state index contributed by atoms with van der Waals surface area (Å²) in [6.07, 6.45) is 3.14. The average molecular weight is 307 g/mol. The molecule has 2 unspecified atom stereocenters. The first-order chi connectivity index (χ1) is 10.2. The van der Waals surface area contributed by atoms with Gasteiger partial charge >= 0.3 is 0 Å². The molecule has 1 aliphatic carbocycles. The Kier molecular flexibility index (Phi) is 4.39. The van der Waals surface area contributed by atoms with Gasteiger partial charge in [0.25, 0.3) is 0 Å². The zero-order valence-electron chi connectivity index (χ0n) is 12.8. The molecule has 0 amide bonds. The van der Waals surface area contributed by atoms with E-state index in [2.05, 4.69) is 30.5 Å². The minimum absolute atomic E-state index is 0.606. The van der Waals surface area contributed by atoms with Crippen molar-refractivity contribution in [1.82, 2.24) is 9.55 Å². The number of para-hydroxylation sites is 1. The number of nitrogens with zero attached hydrogens (tertiary/aromatic N) is 2. The number of hydrogen-bond acceptors (Lipinski definition) is 2. The van der Waals surface area contributed by atoms with Crippen molar-refractivity contribution < 1.29 is 4.74 Å². The highest BCUT2D eigenvalue weighted by atomic mass is 35.5. The lowest BCUT2D eigenvalue weighted by atomic mass is 10.2. The zero-order chi connectivity index (χ0) is 14.8. The third-order valence-corrected chi connectivity index (χ3v) is 4.48. The molecule has 1 heterocycles. The monoisotopic (exact) mass is 306 g/mol. The Labute approximate surface area is 131 Å². The van der Waals surface area contributed by atoms with Crippen LogP contribution in [0.5, 0.6) is 5.75 Å². The second kappa shape index (κ2) is 6.27. The van der Waals surface area contributed by atoms with Crippen LogP contribution in [0.25, 0.3) is 11.0 Å². The number of ether oxygens (including phenoxy) is 1. The minimum atomic E-state index is 0.606. The molecule has 0 N–H and O–H groups in total. The molecule has 4 heteroatoms. The van der Waals surface area contributed by atoms with Gasteiger partial charge in [-0.2, -0.15) is 0 Å². The summed E-state index contributed by atoms with van der Waals surface area (Å²) >= 11 is 5.96. The van der Waals surface area contributed by atoms with Crippen molar-refractivity contribution in [2.24, 2.45) is 11.8 Å². The Morgan fingerprint density at radius 1 is 1.43 bits per heavy atom. The molecule has 21 heavy (non-hydrogen) atoms. The van der Waals surface area contributed by atoms with Crippen molar-refractivity contribution in [3.63, 3.8) is 0 Å². The van der Waals surface area contributed by atoms with Gasteiger partial charge in [-0.15, -0.1) is 11.6 Å². The highest BCUT2D eigenvalue weighted by Crippen LogP contribution is 2.40. The Morgan fingerprint density at radius 2 is 2.24 bits per heavy atom. The number of benzene rings is 1. The van der Waals surface area contributed by atoms with Gasteiger partial charge in [0.1, 0.15) is 17.1 Å². The molecule has 3 rings (SSSR count). The molecule has 1 aromatic carbocycles. The van der Waals surface area contributed by atoms with Crippen LogP contribution in [-0.4, -0.2) is 22.0 Å². The molecule has 1 aromatic heterocycles. The lowest BCUT2D eigenvalue weighted by molar-refractivity contribution is 0.320. The van der Waals surface area contributed by atoms with Crippen LogP contribution in [0.2, 0.25) is 0 Å².